The monoisotopic (exact) mass is 292 g/mol. The van der Waals surface area contributed by atoms with Gasteiger partial charge in [0.25, 0.3) is 0 Å². The minimum atomic E-state index is -1.25. The first-order valence-corrected chi connectivity index (χ1v) is 5.72. The van der Waals surface area contributed by atoms with E-state index in [2.05, 4.69) is 4.74 Å². The lowest BCUT2D eigenvalue weighted by atomic mass is 10.2. The highest BCUT2D eigenvalue weighted by atomic mass is 35.5. The first-order chi connectivity index (χ1) is 8.45. The predicted molar refractivity (Wildman–Crippen MR) is 65.5 cm³/mol. The van der Waals surface area contributed by atoms with Crippen molar-refractivity contribution in [1.82, 2.24) is 0 Å². The molecular weight excluding hydrogens is 283 g/mol. The number of carbonyl (C=O) groups is 2. The summed E-state index contributed by atoms with van der Waals surface area (Å²) in [4.78, 5) is 22.1. The van der Waals surface area contributed by atoms with Crippen molar-refractivity contribution < 1.29 is 24.2 Å². The number of esters is 1. The van der Waals surface area contributed by atoms with Gasteiger partial charge in [0.15, 0.2) is 12.4 Å². The Kier molecular flexibility index (Phi) is 5.25. The van der Waals surface area contributed by atoms with Gasteiger partial charge in [-0.3, -0.25) is 0 Å². The average Bonchev–Trinajstić information content (AvgIpc) is 2.27. The SMILES string of the molecule is CCOC(=O)COc1c(Cl)cc(Cl)cc1C(=O)O. The number of rotatable bonds is 5. The molecule has 0 spiro atoms. The van der Waals surface area contributed by atoms with Crippen LogP contribution in [-0.4, -0.2) is 30.3 Å². The maximum Gasteiger partial charge on any atom is 0.344 e. The van der Waals surface area contributed by atoms with Crippen LogP contribution in [0, 0.1) is 0 Å². The van der Waals surface area contributed by atoms with Crippen molar-refractivity contribution >= 4 is 35.1 Å². The standard InChI is InChI=1S/C11H10Cl2O5/c1-2-17-9(14)5-18-10-7(11(15)16)3-6(12)4-8(10)13/h3-4H,2,5H2,1H3,(H,15,16). The van der Waals surface area contributed by atoms with Gasteiger partial charge in [-0.15, -0.1) is 0 Å². The molecule has 0 saturated heterocycles. The third-order valence-electron chi connectivity index (χ3n) is 1.88. The first-order valence-electron chi connectivity index (χ1n) is 4.96. The van der Waals surface area contributed by atoms with Gasteiger partial charge >= 0.3 is 11.9 Å². The predicted octanol–water partition coefficient (Wildman–Crippen LogP) is 2.63. The van der Waals surface area contributed by atoms with Crippen molar-refractivity contribution in [2.24, 2.45) is 0 Å². The van der Waals surface area contributed by atoms with Crippen LogP contribution in [0.15, 0.2) is 12.1 Å². The van der Waals surface area contributed by atoms with E-state index in [9.17, 15) is 9.59 Å². The molecule has 0 heterocycles. The van der Waals surface area contributed by atoms with Crippen molar-refractivity contribution in [1.29, 1.82) is 0 Å². The van der Waals surface area contributed by atoms with Crippen LogP contribution < -0.4 is 4.74 Å². The molecule has 0 saturated carbocycles. The van der Waals surface area contributed by atoms with E-state index in [-0.39, 0.29) is 28.0 Å². The fourth-order valence-corrected chi connectivity index (χ4v) is 1.75. The van der Waals surface area contributed by atoms with Gasteiger partial charge in [0.1, 0.15) is 5.56 Å². The van der Waals surface area contributed by atoms with Crippen molar-refractivity contribution in [2.45, 2.75) is 6.92 Å². The van der Waals surface area contributed by atoms with E-state index < -0.39 is 18.5 Å². The third kappa shape index (κ3) is 3.78. The van der Waals surface area contributed by atoms with E-state index in [0.717, 1.165) is 0 Å². The minimum absolute atomic E-state index is 0.0178. The van der Waals surface area contributed by atoms with E-state index >= 15 is 0 Å². The van der Waals surface area contributed by atoms with Crippen LogP contribution in [0.25, 0.3) is 0 Å². The molecule has 1 N–H and O–H groups in total. The maximum atomic E-state index is 11.1. The lowest BCUT2D eigenvalue weighted by molar-refractivity contribution is -0.145. The number of carboxylic acid groups (broad SMARTS) is 1. The number of halogens is 2. The average molecular weight is 293 g/mol. The molecule has 0 aliphatic rings. The normalized spacial score (nSPS) is 9.94. The summed E-state index contributed by atoms with van der Waals surface area (Å²) in [7, 11) is 0. The zero-order valence-corrected chi connectivity index (χ0v) is 10.9. The Labute approximate surface area is 113 Å². The molecular formula is C11H10Cl2O5. The second kappa shape index (κ2) is 6.47. The van der Waals surface area contributed by atoms with Gasteiger partial charge in [0.2, 0.25) is 0 Å². The Bertz CT molecular complexity index is 473. The number of ether oxygens (including phenoxy) is 2. The van der Waals surface area contributed by atoms with Gasteiger partial charge in [-0.25, -0.2) is 9.59 Å². The summed E-state index contributed by atoms with van der Waals surface area (Å²) in [5, 5.41) is 9.15. The molecule has 0 amide bonds. The van der Waals surface area contributed by atoms with Crippen molar-refractivity contribution in [2.75, 3.05) is 13.2 Å². The molecule has 0 fully saturated rings. The van der Waals surface area contributed by atoms with Crippen molar-refractivity contribution in [3.8, 4) is 5.75 Å². The lowest BCUT2D eigenvalue weighted by Gasteiger charge is -2.10. The van der Waals surface area contributed by atoms with Gasteiger partial charge in [0, 0.05) is 5.02 Å². The number of aromatic carboxylic acids is 1. The van der Waals surface area contributed by atoms with E-state index in [1.807, 2.05) is 0 Å². The van der Waals surface area contributed by atoms with E-state index in [0.29, 0.717) is 0 Å². The molecule has 0 aromatic heterocycles. The van der Waals surface area contributed by atoms with Crippen molar-refractivity contribution in [3.63, 3.8) is 0 Å². The summed E-state index contributed by atoms with van der Waals surface area (Å²) in [6.07, 6.45) is 0. The van der Waals surface area contributed by atoms with Gasteiger partial charge in [-0.05, 0) is 19.1 Å². The largest absolute Gasteiger partial charge is 0.479 e. The van der Waals surface area contributed by atoms with Crippen LogP contribution in [0.5, 0.6) is 5.75 Å². The van der Waals surface area contributed by atoms with Gasteiger partial charge in [0.05, 0.1) is 11.6 Å². The van der Waals surface area contributed by atoms with Crippen molar-refractivity contribution in [3.05, 3.63) is 27.7 Å². The first kappa shape index (κ1) is 14.6. The summed E-state index contributed by atoms with van der Waals surface area (Å²) in [6.45, 7) is 1.44. The second-order valence-corrected chi connectivity index (χ2v) is 4.01. The molecule has 0 atom stereocenters. The fourth-order valence-electron chi connectivity index (χ4n) is 1.20. The Balaban J connectivity index is 2.93. The molecule has 1 aromatic carbocycles. The maximum absolute atomic E-state index is 11.1. The topological polar surface area (TPSA) is 72.8 Å². The minimum Gasteiger partial charge on any atom is -0.479 e. The van der Waals surface area contributed by atoms with E-state index in [1.54, 1.807) is 6.92 Å². The number of hydrogen-bond acceptors (Lipinski definition) is 4. The highest BCUT2D eigenvalue weighted by Gasteiger charge is 2.17. The van der Waals surface area contributed by atoms with E-state index in [1.165, 1.54) is 12.1 Å². The Morgan fingerprint density at radius 1 is 1.33 bits per heavy atom. The molecule has 1 rings (SSSR count). The molecule has 5 nitrogen and oxygen atoms in total. The van der Waals surface area contributed by atoms with Gasteiger partial charge in [-0.2, -0.15) is 0 Å². The summed E-state index contributed by atoms with van der Waals surface area (Å²) in [5.41, 5.74) is -0.211. The summed E-state index contributed by atoms with van der Waals surface area (Å²) >= 11 is 11.5. The summed E-state index contributed by atoms with van der Waals surface area (Å²) in [6, 6.07) is 2.52. The molecule has 18 heavy (non-hydrogen) atoms. The summed E-state index contributed by atoms with van der Waals surface area (Å²) < 4.78 is 9.70. The molecule has 0 bridgehead atoms. The second-order valence-electron chi connectivity index (χ2n) is 3.16. The highest BCUT2D eigenvalue weighted by molar-refractivity contribution is 6.36. The van der Waals surface area contributed by atoms with Crippen LogP contribution in [-0.2, 0) is 9.53 Å². The molecule has 0 aliphatic heterocycles. The van der Waals surface area contributed by atoms with Gasteiger partial charge < -0.3 is 14.6 Å². The Morgan fingerprint density at radius 2 is 2.00 bits per heavy atom. The zero-order valence-electron chi connectivity index (χ0n) is 9.41. The Hall–Kier alpha value is -1.46. The molecule has 1 aromatic rings. The van der Waals surface area contributed by atoms with Crippen LogP contribution in [0.3, 0.4) is 0 Å². The molecule has 0 unspecified atom stereocenters. The number of hydrogen-bond donors (Lipinski definition) is 1. The quantitative estimate of drug-likeness (QED) is 0.845. The summed E-state index contributed by atoms with van der Waals surface area (Å²) in [5.74, 6) is -1.97. The number of benzene rings is 1. The molecule has 0 radical (unpaired) electrons. The van der Waals surface area contributed by atoms with Crippen LogP contribution in [0.2, 0.25) is 10.0 Å². The number of carboxylic acids is 1. The number of carbonyl (C=O) groups excluding carboxylic acids is 1. The smallest absolute Gasteiger partial charge is 0.344 e. The highest BCUT2D eigenvalue weighted by Crippen LogP contribution is 2.32. The molecule has 0 aliphatic carbocycles. The van der Waals surface area contributed by atoms with Crippen LogP contribution >= 0.6 is 23.2 Å². The molecule has 98 valence electrons. The lowest BCUT2D eigenvalue weighted by Crippen LogP contribution is -2.16. The van der Waals surface area contributed by atoms with Crippen LogP contribution in [0.1, 0.15) is 17.3 Å². The molecule has 7 heteroatoms. The van der Waals surface area contributed by atoms with Crippen LogP contribution in [0.4, 0.5) is 0 Å². The van der Waals surface area contributed by atoms with Gasteiger partial charge in [-0.1, -0.05) is 23.2 Å². The van der Waals surface area contributed by atoms with E-state index in [4.69, 9.17) is 33.0 Å². The zero-order chi connectivity index (χ0) is 13.7. The third-order valence-corrected chi connectivity index (χ3v) is 2.38. The Morgan fingerprint density at radius 3 is 2.56 bits per heavy atom. The fraction of sp³-hybridized carbons (Fsp3) is 0.273.